The lowest BCUT2D eigenvalue weighted by atomic mass is 9.95. The summed E-state index contributed by atoms with van der Waals surface area (Å²) in [7, 11) is -3.54. The molecule has 0 spiro atoms. The van der Waals surface area contributed by atoms with Crippen LogP contribution in [0.25, 0.3) is 0 Å². The molecule has 2 heterocycles. The average Bonchev–Trinajstić information content (AvgIpc) is 2.83. The molecule has 1 fully saturated rings. The molecule has 23 heavy (non-hydrogen) atoms. The maximum absolute atomic E-state index is 13.1. The van der Waals surface area contributed by atoms with E-state index in [2.05, 4.69) is 4.98 Å². The Morgan fingerprint density at radius 2 is 1.91 bits per heavy atom. The fourth-order valence-corrected chi connectivity index (χ4v) is 4.47. The molecule has 6 heteroatoms. The van der Waals surface area contributed by atoms with Crippen molar-refractivity contribution in [3.8, 4) is 0 Å². The molecule has 0 saturated carbocycles. The number of hydrogen-bond donors (Lipinski definition) is 0. The van der Waals surface area contributed by atoms with E-state index < -0.39 is 10.0 Å². The van der Waals surface area contributed by atoms with Gasteiger partial charge in [-0.2, -0.15) is 4.31 Å². The molecule has 3 rings (SSSR count). The predicted octanol–water partition coefficient (Wildman–Crippen LogP) is 3.18. The van der Waals surface area contributed by atoms with Gasteiger partial charge >= 0.3 is 0 Å². The summed E-state index contributed by atoms with van der Waals surface area (Å²) in [5, 5.41) is 0. The summed E-state index contributed by atoms with van der Waals surface area (Å²) in [6, 6.07) is 9.56. The van der Waals surface area contributed by atoms with Gasteiger partial charge in [-0.15, -0.1) is 0 Å². The second-order valence-corrected chi connectivity index (χ2v) is 7.73. The third-order valence-corrected chi connectivity index (χ3v) is 6.10. The van der Waals surface area contributed by atoms with Crippen molar-refractivity contribution in [1.82, 2.24) is 9.29 Å². The predicted molar refractivity (Wildman–Crippen MR) is 86.0 cm³/mol. The molecule has 1 aliphatic heterocycles. The van der Waals surface area contributed by atoms with Crippen molar-refractivity contribution < 1.29 is 12.8 Å². The third kappa shape index (κ3) is 3.59. The van der Waals surface area contributed by atoms with E-state index in [4.69, 9.17) is 0 Å². The molecule has 122 valence electrons. The minimum atomic E-state index is -3.54. The summed E-state index contributed by atoms with van der Waals surface area (Å²) in [6.45, 7) is 0.928. The fourth-order valence-electron chi connectivity index (χ4n) is 2.98. The summed E-state index contributed by atoms with van der Waals surface area (Å²) in [4.78, 5) is 4.13. The van der Waals surface area contributed by atoms with Gasteiger partial charge in [0.25, 0.3) is 0 Å². The number of hydrogen-bond acceptors (Lipinski definition) is 3. The molecule has 1 aliphatic rings. The van der Waals surface area contributed by atoms with E-state index in [1.54, 1.807) is 30.5 Å². The van der Waals surface area contributed by atoms with E-state index >= 15 is 0 Å². The Balaban J connectivity index is 1.86. The maximum atomic E-state index is 13.1. The zero-order chi connectivity index (χ0) is 16.3. The first-order valence-electron chi connectivity index (χ1n) is 7.73. The molecule has 1 aromatic carbocycles. The first-order valence-corrected chi connectivity index (χ1v) is 9.17. The van der Waals surface area contributed by atoms with Crippen LogP contribution < -0.4 is 0 Å². The Labute approximate surface area is 136 Å². The average molecular weight is 334 g/mol. The number of nitrogens with zero attached hydrogens (tertiary/aromatic N) is 2. The Kier molecular flexibility index (Phi) is 4.73. The van der Waals surface area contributed by atoms with Crippen LogP contribution in [0, 0.1) is 5.82 Å². The highest BCUT2D eigenvalue weighted by Crippen LogP contribution is 2.29. The second kappa shape index (κ2) is 6.76. The van der Waals surface area contributed by atoms with E-state index in [0.29, 0.717) is 13.1 Å². The van der Waals surface area contributed by atoms with Gasteiger partial charge in [-0.25, -0.2) is 12.8 Å². The van der Waals surface area contributed by atoms with Gasteiger partial charge in [0.2, 0.25) is 10.0 Å². The Hall–Kier alpha value is -1.79. The minimum absolute atomic E-state index is 0.0875. The Bertz CT molecular complexity index is 748. The molecule has 0 N–H and O–H groups in total. The summed E-state index contributed by atoms with van der Waals surface area (Å²) < 4.78 is 40.2. The molecule has 1 atom stereocenters. The lowest BCUT2D eigenvalue weighted by molar-refractivity contribution is 0.406. The SMILES string of the molecule is O=S(=O)(c1cccnc1)N1CCCC[C@@H](c2ccc(F)cc2)C1. The number of sulfonamides is 1. The molecular weight excluding hydrogens is 315 g/mol. The van der Waals surface area contributed by atoms with Crippen LogP contribution in [0.1, 0.15) is 30.7 Å². The zero-order valence-electron chi connectivity index (χ0n) is 12.7. The van der Waals surface area contributed by atoms with Crippen LogP contribution in [0.15, 0.2) is 53.7 Å². The summed E-state index contributed by atoms with van der Waals surface area (Å²) in [5.41, 5.74) is 0.986. The highest BCUT2D eigenvalue weighted by molar-refractivity contribution is 7.89. The van der Waals surface area contributed by atoms with Crippen molar-refractivity contribution in [1.29, 1.82) is 0 Å². The monoisotopic (exact) mass is 334 g/mol. The van der Waals surface area contributed by atoms with Crippen LogP contribution in [-0.4, -0.2) is 30.8 Å². The van der Waals surface area contributed by atoms with Crippen LogP contribution in [0.3, 0.4) is 0 Å². The molecule has 0 bridgehead atoms. The highest BCUT2D eigenvalue weighted by atomic mass is 32.2. The van der Waals surface area contributed by atoms with Gasteiger partial charge in [-0.05, 0) is 48.6 Å². The van der Waals surface area contributed by atoms with E-state index in [1.165, 1.54) is 22.6 Å². The van der Waals surface area contributed by atoms with Crippen LogP contribution in [0.5, 0.6) is 0 Å². The van der Waals surface area contributed by atoms with Crippen LogP contribution in [0.4, 0.5) is 4.39 Å². The molecule has 0 unspecified atom stereocenters. The lowest BCUT2D eigenvalue weighted by Gasteiger charge is -2.24. The lowest BCUT2D eigenvalue weighted by Crippen LogP contribution is -2.34. The van der Waals surface area contributed by atoms with Crippen molar-refractivity contribution in [2.75, 3.05) is 13.1 Å². The van der Waals surface area contributed by atoms with Crippen molar-refractivity contribution in [2.45, 2.75) is 30.1 Å². The topological polar surface area (TPSA) is 50.3 Å². The molecule has 1 aromatic heterocycles. The zero-order valence-corrected chi connectivity index (χ0v) is 13.5. The number of pyridine rings is 1. The van der Waals surface area contributed by atoms with Gasteiger partial charge in [0.1, 0.15) is 10.7 Å². The Morgan fingerprint density at radius 3 is 2.61 bits per heavy atom. The maximum Gasteiger partial charge on any atom is 0.244 e. The largest absolute Gasteiger partial charge is 0.263 e. The summed E-state index contributed by atoms with van der Waals surface area (Å²) >= 11 is 0. The normalized spacial score (nSPS) is 20.1. The van der Waals surface area contributed by atoms with Gasteiger partial charge in [0.15, 0.2) is 0 Å². The van der Waals surface area contributed by atoms with Crippen LogP contribution in [-0.2, 0) is 10.0 Å². The van der Waals surface area contributed by atoms with Crippen molar-refractivity contribution in [2.24, 2.45) is 0 Å². The molecule has 0 aliphatic carbocycles. The molecule has 4 nitrogen and oxygen atoms in total. The van der Waals surface area contributed by atoms with Gasteiger partial charge in [-0.3, -0.25) is 4.98 Å². The highest BCUT2D eigenvalue weighted by Gasteiger charge is 2.29. The quantitative estimate of drug-likeness (QED) is 0.866. The first kappa shape index (κ1) is 16.1. The standard InChI is InChI=1S/C17H19FN2O2S/c18-16-8-6-14(7-9-16)15-4-1-2-11-20(13-15)23(21,22)17-5-3-10-19-12-17/h3,5-10,12,15H,1-2,4,11,13H2/t15-/m1/s1. The van der Waals surface area contributed by atoms with Crippen LogP contribution in [0.2, 0.25) is 0 Å². The molecule has 2 aromatic rings. The number of benzene rings is 1. The van der Waals surface area contributed by atoms with Crippen molar-refractivity contribution in [3.63, 3.8) is 0 Å². The van der Waals surface area contributed by atoms with Gasteiger partial charge in [0.05, 0.1) is 0 Å². The third-order valence-electron chi connectivity index (χ3n) is 4.25. The molecule has 0 amide bonds. The number of rotatable bonds is 3. The van der Waals surface area contributed by atoms with Gasteiger partial charge in [-0.1, -0.05) is 18.6 Å². The van der Waals surface area contributed by atoms with Gasteiger partial charge < -0.3 is 0 Å². The fraction of sp³-hybridized carbons (Fsp3) is 0.353. The van der Waals surface area contributed by atoms with E-state index in [1.807, 2.05) is 0 Å². The van der Waals surface area contributed by atoms with Gasteiger partial charge in [0, 0.05) is 25.5 Å². The van der Waals surface area contributed by atoms with Crippen molar-refractivity contribution in [3.05, 3.63) is 60.2 Å². The molecular formula is C17H19FN2O2S. The Morgan fingerprint density at radius 1 is 1.13 bits per heavy atom. The minimum Gasteiger partial charge on any atom is -0.263 e. The second-order valence-electron chi connectivity index (χ2n) is 5.80. The smallest absolute Gasteiger partial charge is 0.244 e. The first-order chi connectivity index (χ1) is 11.1. The van der Waals surface area contributed by atoms with E-state index in [9.17, 15) is 12.8 Å². The number of halogens is 1. The van der Waals surface area contributed by atoms with E-state index in [0.717, 1.165) is 24.8 Å². The van der Waals surface area contributed by atoms with Crippen LogP contribution >= 0.6 is 0 Å². The summed E-state index contributed by atoms with van der Waals surface area (Å²) in [5.74, 6) is -0.188. The number of aromatic nitrogens is 1. The molecule has 1 saturated heterocycles. The molecule has 0 radical (unpaired) electrons. The van der Waals surface area contributed by atoms with E-state index in [-0.39, 0.29) is 16.6 Å². The summed E-state index contributed by atoms with van der Waals surface area (Å²) in [6.07, 6.45) is 5.64. The van der Waals surface area contributed by atoms with Crippen molar-refractivity contribution >= 4 is 10.0 Å².